The van der Waals surface area contributed by atoms with Crippen LogP contribution >= 0.6 is 11.6 Å². The third kappa shape index (κ3) is 1.46. The first-order valence-corrected chi connectivity index (χ1v) is 5.24. The van der Waals surface area contributed by atoms with Crippen molar-refractivity contribution in [1.82, 2.24) is 15.0 Å². The third-order valence-electron chi connectivity index (χ3n) is 2.55. The molecular weight excluding hydrogens is 248 g/mol. The van der Waals surface area contributed by atoms with E-state index in [1.807, 2.05) is 0 Å². The number of aryl methyl sites for hydroxylation is 1. The van der Waals surface area contributed by atoms with Crippen LogP contribution in [0.4, 0.5) is 8.78 Å². The number of H-pyrrole nitrogens is 1. The molecule has 0 bridgehead atoms. The Bertz CT molecular complexity index is 751. The predicted octanol–water partition coefficient (Wildman–Crippen LogP) is 3.35. The third-order valence-corrected chi connectivity index (χ3v) is 2.83. The maximum absolute atomic E-state index is 13.2. The number of halogens is 3. The van der Waals surface area contributed by atoms with Gasteiger partial charge in [-0.05, 0) is 13.0 Å². The van der Waals surface area contributed by atoms with Crippen LogP contribution in [-0.2, 0) is 0 Å². The highest BCUT2D eigenvalue weighted by Gasteiger charge is 2.13. The highest BCUT2D eigenvalue weighted by atomic mass is 35.5. The van der Waals surface area contributed by atoms with E-state index in [-0.39, 0.29) is 5.15 Å². The lowest BCUT2D eigenvalue weighted by molar-refractivity contribution is 0.511. The van der Waals surface area contributed by atoms with Gasteiger partial charge in [0.25, 0.3) is 0 Å². The van der Waals surface area contributed by atoms with Gasteiger partial charge in [0.1, 0.15) is 16.9 Å². The highest BCUT2D eigenvalue weighted by molar-refractivity contribution is 6.34. The van der Waals surface area contributed by atoms with Gasteiger partial charge in [-0.3, -0.25) is 0 Å². The van der Waals surface area contributed by atoms with Crippen molar-refractivity contribution in [2.24, 2.45) is 0 Å². The van der Waals surface area contributed by atoms with Crippen molar-refractivity contribution in [2.75, 3.05) is 0 Å². The molecule has 0 radical (unpaired) electrons. The van der Waals surface area contributed by atoms with Crippen LogP contribution in [0.15, 0.2) is 12.1 Å². The summed E-state index contributed by atoms with van der Waals surface area (Å²) >= 11 is 5.94. The molecule has 0 fully saturated rings. The minimum absolute atomic E-state index is 0.240. The summed E-state index contributed by atoms with van der Waals surface area (Å²) in [5.74, 6) is -1.34. The largest absolute Gasteiger partial charge is 0.351 e. The molecule has 3 aromatic rings. The molecule has 0 aliphatic carbocycles. The molecule has 0 amide bonds. The molecule has 0 unspecified atom stereocenters. The van der Waals surface area contributed by atoms with Gasteiger partial charge in [0.15, 0.2) is 16.8 Å². The van der Waals surface area contributed by atoms with Crippen LogP contribution in [-0.4, -0.2) is 15.0 Å². The standard InChI is InChI=1S/C11H6ClF2N3/c1-4-15-9-5-2-6(13)7(14)3-8(5)17-10(9)11(12)16-4/h2-3,17H,1H3. The number of fused-ring (bicyclic) bond motifs is 3. The molecule has 17 heavy (non-hydrogen) atoms. The minimum Gasteiger partial charge on any atom is -0.351 e. The van der Waals surface area contributed by atoms with Gasteiger partial charge < -0.3 is 4.98 Å². The molecule has 1 N–H and O–H groups in total. The Balaban J connectivity index is 2.55. The van der Waals surface area contributed by atoms with E-state index in [0.717, 1.165) is 12.1 Å². The number of nitrogens with zero attached hydrogens (tertiary/aromatic N) is 2. The molecule has 0 aliphatic heterocycles. The number of rotatable bonds is 0. The zero-order valence-corrected chi connectivity index (χ0v) is 9.44. The fourth-order valence-corrected chi connectivity index (χ4v) is 2.08. The summed E-state index contributed by atoms with van der Waals surface area (Å²) in [7, 11) is 0. The van der Waals surface area contributed by atoms with Crippen LogP contribution in [0.25, 0.3) is 21.9 Å². The zero-order chi connectivity index (χ0) is 12.2. The smallest absolute Gasteiger partial charge is 0.160 e. The van der Waals surface area contributed by atoms with Gasteiger partial charge >= 0.3 is 0 Å². The lowest BCUT2D eigenvalue weighted by Gasteiger charge is -1.95. The molecule has 0 saturated heterocycles. The first kappa shape index (κ1) is 10.4. The number of hydrogen-bond donors (Lipinski definition) is 1. The number of benzene rings is 1. The Morgan fingerprint density at radius 1 is 1.18 bits per heavy atom. The molecule has 6 heteroatoms. The van der Waals surface area contributed by atoms with E-state index in [1.165, 1.54) is 0 Å². The SMILES string of the molecule is Cc1nc(Cl)c2[nH]c3cc(F)c(F)cc3c2n1. The minimum atomic E-state index is -0.912. The van der Waals surface area contributed by atoms with Crippen molar-refractivity contribution in [3.05, 3.63) is 34.7 Å². The summed E-state index contributed by atoms with van der Waals surface area (Å²) < 4.78 is 26.3. The van der Waals surface area contributed by atoms with E-state index >= 15 is 0 Å². The summed E-state index contributed by atoms with van der Waals surface area (Å²) in [4.78, 5) is 11.0. The monoisotopic (exact) mass is 253 g/mol. The lowest BCUT2D eigenvalue weighted by atomic mass is 10.2. The first-order chi connectivity index (χ1) is 8.06. The van der Waals surface area contributed by atoms with Crippen LogP contribution in [0.1, 0.15) is 5.82 Å². The van der Waals surface area contributed by atoms with Crippen molar-refractivity contribution in [3.63, 3.8) is 0 Å². The summed E-state index contributed by atoms with van der Waals surface area (Å²) in [6.07, 6.45) is 0. The van der Waals surface area contributed by atoms with Crippen molar-refractivity contribution in [3.8, 4) is 0 Å². The topological polar surface area (TPSA) is 41.6 Å². The molecule has 86 valence electrons. The van der Waals surface area contributed by atoms with Crippen molar-refractivity contribution in [1.29, 1.82) is 0 Å². The fourth-order valence-electron chi connectivity index (χ4n) is 1.82. The Morgan fingerprint density at radius 3 is 2.65 bits per heavy atom. The van der Waals surface area contributed by atoms with Crippen LogP contribution in [0.2, 0.25) is 5.15 Å². The molecular formula is C11H6ClF2N3. The van der Waals surface area contributed by atoms with Gasteiger partial charge in [0.2, 0.25) is 0 Å². The molecule has 0 saturated carbocycles. The van der Waals surface area contributed by atoms with Gasteiger partial charge in [-0.2, -0.15) is 0 Å². The second-order valence-corrected chi connectivity index (χ2v) is 4.08. The molecule has 2 heterocycles. The summed E-state index contributed by atoms with van der Waals surface area (Å²) in [5, 5.41) is 0.732. The second-order valence-electron chi connectivity index (χ2n) is 3.72. The average molecular weight is 254 g/mol. The van der Waals surface area contributed by atoms with Gasteiger partial charge in [-0.1, -0.05) is 11.6 Å². The van der Waals surface area contributed by atoms with Crippen LogP contribution in [0, 0.1) is 18.6 Å². The summed E-state index contributed by atoms with van der Waals surface area (Å²) in [5.41, 5.74) is 1.43. The lowest BCUT2D eigenvalue weighted by Crippen LogP contribution is -1.88. The normalized spacial score (nSPS) is 11.5. The fraction of sp³-hybridized carbons (Fsp3) is 0.0909. The van der Waals surface area contributed by atoms with Crippen LogP contribution < -0.4 is 0 Å². The van der Waals surface area contributed by atoms with Crippen LogP contribution in [0.3, 0.4) is 0 Å². The van der Waals surface area contributed by atoms with Crippen molar-refractivity contribution >= 4 is 33.5 Å². The maximum Gasteiger partial charge on any atom is 0.160 e. The van der Waals surface area contributed by atoms with Gasteiger partial charge in [0.05, 0.1) is 5.52 Å². The molecule has 0 atom stereocenters. The number of aromatic nitrogens is 3. The Kier molecular flexibility index (Phi) is 2.06. The first-order valence-electron chi connectivity index (χ1n) is 4.87. The molecule has 2 aromatic heterocycles. The van der Waals surface area contributed by atoms with Gasteiger partial charge in [-0.15, -0.1) is 0 Å². The Hall–Kier alpha value is -1.75. The summed E-state index contributed by atoms with van der Waals surface area (Å²) in [6.45, 7) is 1.68. The van der Waals surface area contributed by atoms with E-state index in [1.54, 1.807) is 6.92 Å². The zero-order valence-electron chi connectivity index (χ0n) is 8.68. The number of hydrogen-bond acceptors (Lipinski definition) is 2. The van der Waals surface area contributed by atoms with E-state index in [9.17, 15) is 8.78 Å². The van der Waals surface area contributed by atoms with E-state index in [0.29, 0.717) is 27.8 Å². The average Bonchev–Trinajstić information content (AvgIpc) is 2.58. The predicted molar refractivity (Wildman–Crippen MR) is 61.1 cm³/mol. The Labute approximate surface area is 99.4 Å². The summed E-state index contributed by atoms with van der Waals surface area (Å²) in [6, 6.07) is 2.18. The number of aromatic amines is 1. The van der Waals surface area contributed by atoms with E-state index < -0.39 is 11.6 Å². The quantitative estimate of drug-likeness (QED) is 0.624. The number of nitrogens with one attached hydrogen (secondary N) is 1. The van der Waals surface area contributed by atoms with Crippen LogP contribution in [0.5, 0.6) is 0 Å². The second kappa shape index (κ2) is 3.37. The van der Waals surface area contributed by atoms with E-state index in [2.05, 4.69) is 15.0 Å². The van der Waals surface area contributed by atoms with Crippen molar-refractivity contribution in [2.45, 2.75) is 6.92 Å². The highest BCUT2D eigenvalue weighted by Crippen LogP contribution is 2.29. The molecule has 0 spiro atoms. The van der Waals surface area contributed by atoms with Crippen molar-refractivity contribution < 1.29 is 8.78 Å². The molecule has 3 nitrogen and oxygen atoms in total. The molecule has 0 aliphatic rings. The van der Waals surface area contributed by atoms with Gasteiger partial charge in [0, 0.05) is 11.5 Å². The maximum atomic E-state index is 13.2. The van der Waals surface area contributed by atoms with Gasteiger partial charge in [-0.25, -0.2) is 18.7 Å². The Morgan fingerprint density at radius 2 is 1.88 bits per heavy atom. The molecule has 3 rings (SSSR count). The molecule has 1 aromatic carbocycles. The van der Waals surface area contributed by atoms with E-state index in [4.69, 9.17) is 11.6 Å².